The predicted molar refractivity (Wildman–Crippen MR) is 469 cm³/mol. The van der Waals surface area contributed by atoms with Crippen LogP contribution in [0.15, 0.2) is 41.5 Å². The fourth-order valence-corrected chi connectivity index (χ4v) is 14.7. The molecule has 7 N–H and O–H groups in total. The monoisotopic (exact) mass is 1790 g/mol. The zero-order valence-electron chi connectivity index (χ0n) is 74.3. The van der Waals surface area contributed by atoms with Crippen LogP contribution < -0.4 is 69.7 Å². The van der Waals surface area contributed by atoms with Gasteiger partial charge in [0, 0.05) is 251 Å². The van der Waals surface area contributed by atoms with Crippen molar-refractivity contribution in [3.8, 4) is 53.5 Å². The topological polar surface area (TPSA) is 542 Å². The maximum absolute atomic E-state index is 11.5. The molecule has 8 saturated heterocycles. The molecule has 696 valence electrons. The molecular formula is C83H125ClN26O17. The van der Waals surface area contributed by atoms with Gasteiger partial charge in [-0.25, -0.2) is 34.7 Å². The molecule has 0 saturated carbocycles. The van der Waals surface area contributed by atoms with Gasteiger partial charge in [-0.05, 0) is 58.7 Å². The molecular weight excluding hydrogens is 1670 g/mol. The average Bonchev–Trinajstić information content (AvgIpc) is 1.79. The van der Waals surface area contributed by atoms with Crippen molar-refractivity contribution in [3.05, 3.63) is 86.3 Å². The number of carboxylic acids is 1. The highest BCUT2D eigenvalue weighted by molar-refractivity contribution is 6.28. The molecule has 0 atom stereocenters. The molecule has 14 rings (SSSR count). The number of nitrogens with zero attached hydrogens (tertiary/aromatic N) is 23. The molecule has 43 nitrogen and oxygen atoms in total. The third kappa shape index (κ3) is 31.1. The maximum atomic E-state index is 11.5. The molecule has 6 aromatic heterocycles. The second-order valence-corrected chi connectivity index (χ2v) is 30.6. The molecule has 14 heterocycles. The van der Waals surface area contributed by atoms with Crippen LogP contribution in [-0.2, 0) is 42.7 Å². The van der Waals surface area contributed by atoms with E-state index >= 15 is 0 Å². The van der Waals surface area contributed by atoms with Crippen LogP contribution in [0.4, 0.5) is 29.7 Å². The van der Waals surface area contributed by atoms with Crippen molar-refractivity contribution in [2.24, 2.45) is 16.6 Å². The number of anilines is 5. The second-order valence-electron chi connectivity index (χ2n) is 30.2. The minimum absolute atomic E-state index is 0. The summed E-state index contributed by atoms with van der Waals surface area (Å²) in [5.74, 6) is 4.85. The lowest BCUT2D eigenvalue weighted by Gasteiger charge is -2.38. The van der Waals surface area contributed by atoms with E-state index in [1.54, 1.807) is 65.9 Å². The lowest BCUT2D eigenvalue weighted by molar-refractivity contribution is -0.172. The standard InChI is InChI=1S/C14H19N7O2.C14H21N5O2.C14H22N4O4.C14H20N4O3.C13H19N3O3.C7H13NO2.C6H7ClN2O.CH4/c1-11-9-12(22-2)19-13(18-11)21-6-3-14(10-15,4-7-21)23-8-5-17-20-16;1-11-9-12(20-2)18-13(17-11)19-6-3-14(10-16,4-7-19)21-8-5-15;1-10-9-11(21-2)17-13(16-10)18-6-3-14(4-7-18,12(19)20)22-8-5-15;1-11-9-12(20-2)17-13(16-11)18-5-3-14(10-15,4-6-18)21-8-7-19;1-10-9-11(17-2)15-12(14-10)16-5-3-13(4-6-16)18-7-8-19-13;1-3-8-4-2-7(1)9-5-6-10-7;1-4-3-5(10-2)9-6(7)8-4;/h9H,3-8H2,1-2H3;9H,3-8,15H2,1-2H3;9H,3-8,15H2,1-2H3,(H,19,20);9,19H,3-8H2,1-2H3;9H,3-8H2,1-2H3;8H,1-6H2;3H,1-2H3;1H4. The molecule has 0 radical (unpaired) electrons. The van der Waals surface area contributed by atoms with E-state index in [9.17, 15) is 25.7 Å². The first-order valence-corrected chi connectivity index (χ1v) is 42.2. The van der Waals surface area contributed by atoms with E-state index in [0.29, 0.717) is 196 Å². The summed E-state index contributed by atoms with van der Waals surface area (Å²) in [5, 5.41) is 53.3. The summed E-state index contributed by atoms with van der Waals surface area (Å²) >= 11 is 5.53. The number of aliphatic hydroxyl groups excluding tert-OH is 1. The van der Waals surface area contributed by atoms with E-state index in [0.717, 1.165) is 105 Å². The third-order valence-corrected chi connectivity index (χ3v) is 21.6. The van der Waals surface area contributed by atoms with Crippen LogP contribution >= 0.6 is 11.6 Å². The number of aliphatic hydroxyl groups is 1. The number of ether oxygens (including phenoxy) is 14. The minimum Gasteiger partial charge on any atom is -0.481 e. The highest BCUT2D eigenvalue weighted by atomic mass is 35.5. The van der Waals surface area contributed by atoms with Crippen molar-refractivity contribution in [2.75, 3.05) is 225 Å². The number of aliphatic carboxylic acids is 1. The number of azide groups is 1. The Morgan fingerprint density at radius 3 is 1.01 bits per heavy atom. The number of hydrogen-bond donors (Lipinski definition) is 5. The maximum Gasteiger partial charge on any atom is 0.336 e. The van der Waals surface area contributed by atoms with Gasteiger partial charge < -0.3 is 118 Å². The Morgan fingerprint density at radius 2 is 0.724 bits per heavy atom. The SMILES string of the molecule is C.C1CC2(CCN1)OCCO2.COc1cc(C)nc(Cl)n1.COc1cc(C)nc(N2CCC(C#N)(OCCN)CC2)n1.COc1cc(C)nc(N2CCC(C#N)(OCCN=[N+]=[N-])CC2)n1.COc1cc(C)nc(N2CCC(C#N)(OCCO)CC2)n1.COc1cc(C)nc(N2CCC(OCCN)(C(=O)O)CC2)n1.COc1cc(C)nc(N2CCC3(CC2)OCCO3)n1. The average molecular weight is 1790 g/mol. The number of carboxylic acid groups (broad SMARTS) is 1. The molecule has 2 spiro atoms. The van der Waals surface area contributed by atoms with Crippen LogP contribution in [-0.4, -0.2) is 310 Å². The quantitative estimate of drug-likeness (QED) is 0.0129. The lowest BCUT2D eigenvalue weighted by Crippen LogP contribution is -2.52. The zero-order chi connectivity index (χ0) is 91.2. The summed E-state index contributed by atoms with van der Waals surface area (Å²) in [6, 6.07) is 17.4. The van der Waals surface area contributed by atoms with Gasteiger partial charge in [-0.3, -0.25) is 0 Å². The number of halogens is 1. The van der Waals surface area contributed by atoms with Crippen molar-refractivity contribution in [1.82, 2.24) is 65.1 Å². The van der Waals surface area contributed by atoms with Gasteiger partial charge in [0.2, 0.25) is 70.3 Å². The number of piperidine rings is 6. The summed E-state index contributed by atoms with van der Waals surface area (Å²) < 4.78 is 75.5. The van der Waals surface area contributed by atoms with Gasteiger partial charge in [-0.15, -0.1) is 0 Å². The predicted octanol–water partition coefficient (Wildman–Crippen LogP) is 6.81. The van der Waals surface area contributed by atoms with Crippen LogP contribution in [0.25, 0.3) is 10.4 Å². The summed E-state index contributed by atoms with van der Waals surface area (Å²) in [6.07, 6.45) is 7.88. The Balaban J connectivity index is 0.000000206. The Morgan fingerprint density at radius 1 is 0.449 bits per heavy atom. The molecule has 44 heteroatoms. The molecule has 0 bridgehead atoms. The molecule has 0 amide bonds. The number of methoxy groups -OCH3 is 6. The molecule has 8 aliphatic heterocycles. The Bertz CT molecular complexity index is 4430. The molecule has 8 aliphatic rings. The van der Waals surface area contributed by atoms with Crippen molar-refractivity contribution >= 4 is 47.3 Å². The van der Waals surface area contributed by atoms with Gasteiger partial charge in [-0.2, -0.15) is 45.7 Å². The number of nitriles is 3. The van der Waals surface area contributed by atoms with Crippen molar-refractivity contribution in [1.29, 1.82) is 15.8 Å². The van der Waals surface area contributed by atoms with Gasteiger partial charge in [-0.1, -0.05) is 12.5 Å². The van der Waals surface area contributed by atoms with Crippen molar-refractivity contribution in [3.63, 3.8) is 0 Å². The first-order valence-electron chi connectivity index (χ1n) is 41.8. The largest absolute Gasteiger partial charge is 0.481 e. The normalized spacial score (nSPS) is 18.2. The van der Waals surface area contributed by atoms with Gasteiger partial charge in [0.25, 0.3) is 0 Å². The highest BCUT2D eigenvalue weighted by Gasteiger charge is 2.45. The van der Waals surface area contributed by atoms with Gasteiger partial charge in [0.1, 0.15) is 0 Å². The highest BCUT2D eigenvalue weighted by Crippen LogP contribution is 2.36. The van der Waals surface area contributed by atoms with E-state index in [4.69, 9.17) is 100 Å². The van der Waals surface area contributed by atoms with E-state index in [1.165, 1.54) is 7.11 Å². The van der Waals surface area contributed by atoms with Crippen LogP contribution in [0.5, 0.6) is 35.3 Å². The second kappa shape index (κ2) is 51.4. The number of nitrogens with two attached hydrogens (primary N) is 2. The molecule has 6 aromatic rings. The Kier molecular flexibility index (Phi) is 41.8. The first kappa shape index (κ1) is 103. The smallest absolute Gasteiger partial charge is 0.336 e. The molecule has 0 aliphatic carbocycles. The zero-order valence-corrected chi connectivity index (χ0v) is 75.0. The number of carbonyl (C=O) groups is 1. The Hall–Kier alpha value is -10.7. The molecule has 0 aromatic carbocycles. The molecule has 0 unspecified atom stereocenters. The fraction of sp³-hybridized carbons (Fsp3) is 0.663. The summed E-state index contributed by atoms with van der Waals surface area (Å²) in [4.78, 5) is 75.9. The van der Waals surface area contributed by atoms with Crippen LogP contribution in [0.2, 0.25) is 5.28 Å². The fourth-order valence-electron chi connectivity index (χ4n) is 14.5. The van der Waals surface area contributed by atoms with Gasteiger partial charge >= 0.3 is 5.97 Å². The van der Waals surface area contributed by atoms with E-state index in [1.807, 2.05) is 62.3 Å². The van der Waals surface area contributed by atoms with E-state index in [2.05, 4.69) is 103 Å². The molecule has 127 heavy (non-hydrogen) atoms. The molecule has 8 fully saturated rings. The number of hydrogen-bond acceptors (Lipinski definition) is 40. The summed E-state index contributed by atoms with van der Waals surface area (Å²) in [6.45, 7) is 24.8. The van der Waals surface area contributed by atoms with E-state index in [-0.39, 0.29) is 57.3 Å². The van der Waals surface area contributed by atoms with Crippen LogP contribution in [0, 0.1) is 75.5 Å². The van der Waals surface area contributed by atoms with Crippen molar-refractivity contribution < 1.29 is 81.3 Å². The summed E-state index contributed by atoms with van der Waals surface area (Å²) in [7, 11) is 9.45. The van der Waals surface area contributed by atoms with Crippen LogP contribution in [0.1, 0.15) is 119 Å². The lowest BCUT2D eigenvalue weighted by atomic mass is 9.91. The Labute approximate surface area is 747 Å². The van der Waals surface area contributed by atoms with Gasteiger partial charge in [0.15, 0.2) is 34.0 Å². The van der Waals surface area contributed by atoms with Gasteiger partial charge in [0.05, 0.1) is 120 Å². The number of aromatic nitrogens is 12. The summed E-state index contributed by atoms with van der Waals surface area (Å²) in [5.41, 5.74) is 20.6. The number of aryl methyl sites for hydroxylation is 6. The van der Waals surface area contributed by atoms with E-state index < -0.39 is 28.4 Å². The number of nitrogens with one attached hydrogen (secondary N) is 1. The van der Waals surface area contributed by atoms with Crippen molar-refractivity contribution in [2.45, 2.75) is 160 Å². The van der Waals surface area contributed by atoms with Crippen LogP contribution in [0.3, 0.4) is 0 Å². The minimum atomic E-state index is -1.16. The first-order chi connectivity index (χ1) is 60.7. The third-order valence-electron chi connectivity index (χ3n) is 21.5. The number of rotatable bonds is 25.